The number of ether oxygens (including phenoxy) is 3. The lowest BCUT2D eigenvalue weighted by atomic mass is 10.2. The summed E-state index contributed by atoms with van der Waals surface area (Å²) in [4.78, 5) is 12.3. The Labute approximate surface area is 178 Å². The van der Waals surface area contributed by atoms with Crippen LogP contribution < -0.4 is 19.5 Å². The maximum absolute atomic E-state index is 11.8. The van der Waals surface area contributed by atoms with Crippen molar-refractivity contribution in [2.45, 2.75) is 6.92 Å². The quantitative estimate of drug-likeness (QED) is 0.389. The SMILES string of the molecule is COc1cc(/C=C2\SC(=S)NC2=O)cc(Cl)c1OCCOc1ccccc1C. The van der Waals surface area contributed by atoms with E-state index < -0.39 is 0 Å². The van der Waals surface area contributed by atoms with Gasteiger partial charge in [0.25, 0.3) is 5.91 Å². The van der Waals surface area contributed by atoms with Crippen LogP contribution in [0.2, 0.25) is 5.02 Å². The number of thioether (sulfide) groups is 1. The number of benzene rings is 2. The maximum Gasteiger partial charge on any atom is 0.263 e. The Morgan fingerprint density at radius 2 is 1.93 bits per heavy atom. The van der Waals surface area contributed by atoms with E-state index in [1.54, 1.807) is 18.2 Å². The first-order chi connectivity index (χ1) is 13.5. The molecule has 1 heterocycles. The molecule has 0 aromatic heterocycles. The molecule has 1 saturated heterocycles. The predicted molar refractivity (Wildman–Crippen MR) is 116 cm³/mol. The van der Waals surface area contributed by atoms with Crippen LogP contribution in [-0.4, -0.2) is 30.6 Å². The minimum absolute atomic E-state index is 0.223. The van der Waals surface area contributed by atoms with E-state index >= 15 is 0 Å². The van der Waals surface area contributed by atoms with Crippen LogP contribution >= 0.6 is 35.6 Å². The van der Waals surface area contributed by atoms with E-state index in [2.05, 4.69) is 5.32 Å². The van der Waals surface area contributed by atoms with E-state index in [1.807, 2.05) is 31.2 Å². The molecule has 0 atom stereocenters. The van der Waals surface area contributed by atoms with Gasteiger partial charge in [0.15, 0.2) is 11.5 Å². The third-order valence-electron chi connectivity index (χ3n) is 3.87. The number of hydrogen-bond donors (Lipinski definition) is 1. The average molecular weight is 436 g/mol. The van der Waals surface area contributed by atoms with E-state index in [-0.39, 0.29) is 5.91 Å². The Morgan fingerprint density at radius 1 is 1.18 bits per heavy atom. The summed E-state index contributed by atoms with van der Waals surface area (Å²) in [5, 5.41) is 2.96. The second kappa shape index (κ2) is 9.32. The standard InChI is InChI=1S/C20H18ClNO4S2/c1-12-5-3-4-6-15(12)25-7-8-26-18-14(21)9-13(10-16(18)24-2)11-17-19(23)22-20(27)28-17/h3-6,9-11H,7-8H2,1-2H3,(H,22,23,27)/b17-11-. The van der Waals surface area contributed by atoms with E-state index in [0.29, 0.717) is 44.5 Å². The molecule has 0 bridgehead atoms. The molecule has 1 aliphatic heterocycles. The highest BCUT2D eigenvalue weighted by Crippen LogP contribution is 2.38. The summed E-state index contributed by atoms with van der Waals surface area (Å²) in [6.45, 7) is 2.65. The lowest BCUT2D eigenvalue weighted by Crippen LogP contribution is -2.17. The molecule has 8 heteroatoms. The molecule has 146 valence electrons. The van der Waals surface area contributed by atoms with Crippen molar-refractivity contribution in [3.05, 3.63) is 57.5 Å². The molecule has 1 aliphatic rings. The summed E-state index contributed by atoms with van der Waals surface area (Å²) in [6.07, 6.45) is 1.71. The number of nitrogens with one attached hydrogen (secondary N) is 1. The summed E-state index contributed by atoms with van der Waals surface area (Å²) in [5.74, 6) is 1.50. The van der Waals surface area contributed by atoms with Gasteiger partial charge < -0.3 is 19.5 Å². The first kappa shape index (κ1) is 20.5. The minimum Gasteiger partial charge on any atom is -0.493 e. The molecule has 0 spiro atoms. The van der Waals surface area contributed by atoms with Crippen molar-refractivity contribution in [2.75, 3.05) is 20.3 Å². The van der Waals surface area contributed by atoms with Crippen molar-refractivity contribution in [3.63, 3.8) is 0 Å². The Bertz CT molecular complexity index is 946. The van der Waals surface area contributed by atoms with Gasteiger partial charge in [-0.1, -0.05) is 53.8 Å². The number of aryl methyl sites for hydroxylation is 1. The van der Waals surface area contributed by atoms with E-state index in [1.165, 1.54) is 18.9 Å². The third-order valence-corrected chi connectivity index (χ3v) is 5.32. The number of para-hydroxylation sites is 1. The van der Waals surface area contributed by atoms with Crippen LogP contribution in [0.1, 0.15) is 11.1 Å². The van der Waals surface area contributed by atoms with Crippen molar-refractivity contribution in [2.24, 2.45) is 0 Å². The van der Waals surface area contributed by atoms with Crippen LogP contribution in [-0.2, 0) is 4.79 Å². The number of thiocarbonyl (C=S) groups is 1. The Balaban J connectivity index is 1.68. The monoisotopic (exact) mass is 435 g/mol. The molecule has 1 N–H and O–H groups in total. The topological polar surface area (TPSA) is 56.8 Å². The zero-order valence-corrected chi connectivity index (χ0v) is 17.7. The van der Waals surface area contributed by atoms with Gasteiger partial charge in [-0.3, -0.25) is 4.79 Å². The molecule has 2 aromatic rings. The van der Waals surface area contributed by atoms with Crippen molar-refractivity contribution in [1.29, 1.82) is 0 Å². The Kier molecular flexibility index (Phi) is 6.83. The molecular weight excluding hydrogens is 418 g/mol. The fourth-order valence-corrected chi connectivity index (χ4v) is 3.87. The van der Waals surface area contributed by atoms with Gasteiger partial charge in [0.2, 0.25) is 0 Å². The first-order valence-electron chi connectivity index (χ1n) is 8.41. The zero-order chi connectivity index (χ0) is 20.1. The van der Waals surface area contributed by atoms with Gasteiger partial charge in [0.05, 0.1) is 17.0 Å². The highest BCUT2D eigenvalue weighted by molar-refractivity contribution is 8.26. The minimum atomic E-state index is -0.223. The second-order valence-electron chi connectivity index (χ2n) is 5.85. The van der Waals surface area contributed by atoms with Gasteiger partial charge in [-0.2, -0.15) is 0 Å². The molecule has 5 nitrogen and oxygen atoms in total. The maximum atomic E-state index is 11.8. The smallest absolute Gasteiger partial charge is 0.263 e. The largest absolute Gasteiger partial charge is 0.493 e. The van der Waals surface area contributed by atoms with Crippen molar-refractivity contribution in [3.8, 4) is 17.2 Å². The molecule has 1 amide bonds. The van der Waals surface area contributed by atoms with Gasteiger partial charge in [-0.15, -0.1) is 0 Å². The van der Waals surface area contributed by atoms with Crippen molar-refractivity contribution in [1.82, 2.24) is 5.32 Å². The fraction of sp³-hybridized carbons (Fsp3) is 0.200. The normalized spacial score (nSPS) is 14.9. The predicted octanol–water partition coefficient (Wildman–Crippen LogP) is 4.60. The lowest BCUT2D eigenvalue weighted by Gasteiger charge is -2.14. The summed E-state index contributed by atoms with van der Waals surface area (Å²) in [6, 6.07) is 11.2. The van der Waals surface area contributed by atoms with Gasteiger partial charge in [0.1, 0.15) is 23.3 Å². The number of methoxy groups -OCH3 is 1. The highest BCUT2D eigenvalue weighted by atomic mass is 35.5. The molecule has 0 unspecified atom stereocenters. The van der Waals surface area contributed by atoms with E-state index in [4.69, 9.17) is 38.0 Å². The summed E-state index contributed by atoms with van der Waals surface area (Å²) < 4.78 is 17.3. The van der Waals surface area contributed by atoms with Crippen LogP contribution in [0.3, 0.4) is 0 Å². The number of carbonyl (C=O) groups excluding carboxylic acids is 1. The van der Waals surface area contributed by atoms with Crippen LogP contribution in [0, 0.1) is 6.92 Å². The number of amides is 1. The number of carbonyl (C=O) groups is 1. The molecule has 28 heavy (non-hydrogen) atoms. The Morgan fingerprint density at radius 3 is 2.61 bits per heavy atom. The van der Waals surface area contributed by atoms with Gasteiger partial charge in [-0.05, 0) is 42.3 Å². The van der Waals surface area contributed by atoms with E-state index in [9.17, 15) is 4.79 Å². The number of hydrogen-bond acceptors (Lipinski definition) is 6. The van der Waals surface area contributed by atoms with Crippen LogP contribution in [0.15, 0.2) is 41.3 Å². The molecular formula is C20H18ClNO4S2. The van der Waals surface area contributed by atoms with Crippen LogP contribution in [0.5, 0.6) is 17.2 Å². The first-order valence-corrected chi connectivity index (χ1v) is 10.0. The highest BCUT2D eigenvalue weighted by Gasteiger charge is 2.22. The summed E-state index contributed by atoms with van der Waals surface area (Å²) >= 11 is 12.6. The van der Waals surface area contributed by atoms with Gasteiger partial charge in [0, 0.05) is 0 Å². The van der Waals surface area contributed by atoms with Crippen LogP contribution in [0.25, 0.3) is 6.08 Å². The lowest BCUT2D eigenvalue weighted by molar-refractivity contribution is -0.115. The van der Waals surface area contributed by atoms with Gasteiger partial charge in [-0.25, -0.2) is 0 Å². The number of halogens is 1. The molecule has 2 aromatic carbocycles. The molecule has 0 aliphatic carbocycles. The molecule has 3 rings (SSSR count). The van der Waals surface area contributed by atoms with Crippen molar-refractivity contribution >= 4 is 51.9 Å². The Hall–Kier alpha value is -2.22. The second-order valence-corrected chi connectivity index (χ2v) is 7.97. The third kappa shape index (κ3) is 4.98. The number of rotatable bonds is 7. The zero-order valence-electron chi connectivity index (χ0n) is 15.3. The summed E-state index contributed by atoms with van der Waals surface area (Å²) in [7, 11) is 1.53. The van der Waals surface area contributed by atoms with Gasteiger partial charge >= 0.3 is 0 Å². The van der Waals surface area contributed by atoms with Crippen molar-refractivity contribution < 1.29 is 19.0 Å². The molecule has 0 radical (unpaired) electrons. The fourth-order valence-electron chi connectivity index (χ4n) is 2.55. The molecule has 0 saturated carbocycles. The summed E-state index contributed by atoms with van der Waals surface area (Å²) in [5.41, 5.74) is 1.77. The van der Waals surface area contributed by atoms with Crippen LogP contribution in [0.4, 0.5) is 0 Å². The molecule has 1 fully saturated rings. The van der Waals surface area contributed by atoms with E-state index in [0.717, 1.165) is 11.3 Å². The average Bonchev–Trinajstić information content (AvgIpc) is 2.98.